The summed E-state index contributed by atoms with van der Waals surface area (Å²) in [6.07, 6.45) is 11.6. The minimum absolute atomic E-state index is 0.675. The van der Waals surface area contributed by atoms with Crippen LogP contribution in [0.25, 0.3) is 252 Å². The van der Waals surface area contributed by atoms with Crippen molar-refractivity contribution < 1.29 is 0 Å². The molecular formula is C103H56N12S3. The normalized spacial score (nSPS) is 12.2. The predicted octanol–water partition coefficient (Wildman–Crippen LogP) is 27.5. The van der Waals surface area contributed by atoms with Gasteiger partial charge < -0.3 is 0 Å². The van der Waals surface area contributed by atoms with Crippen LogP contribution in [-0.4, -0.2) is 58.6 Å². The molecular weight excluding hydrogens is 1500 g/mol. The van der Waals surface area contributed by atoms with E-state index in [9.17, 15) is 0 Å². The second-order valence-corrected chi connectivity index (χ2v) is 33.3. The molecule has 0 bridgehead atoms. The van der Waals surface area contributed by atoms with Crippen molar-refractivity contribution in [2.24, 2.45) is 0 Å². The number of pyridine rings is 3. The van der Waals surface area contributed by atoms with Gasteiger partial charge in [0.05, 0.1) is 80.3 Å². The molecule has 0 radical (unpaired) electrons. The summed E-state index contributed by atoms with van der Waals surface area (Å²) in [5.74, 6) is 2.03. The smallest absolute Gasteiger partial charge is 0.235 e. The Morgan fingerprint density at radius 2 is 0.525 bits per heavy atom. The Labute approximate surface area is 680 Å². The van der Waals surface area contributed by atoms with E-state index in [4.69, 9.17) is 44.9 Å². The minimum Gasteiger partial charge on any atom is -0.277 e. The number of nitrogens with zero attached hydrogens (tertiary/aromatic N) is 12. The van der Waals surface area contributed by atoms with Crippen molar-refractivity contribution in [1.82, 2.24) is 58.6 Å². The van der Waals surface area contributed by atoms with Crippen molar-refractivity contribution >= 4 is 268 Å². The third-order valence-corrected chi connectivity index (χ3v) is 27.5. The maximum atomic E-state index is 5.39. The Balaban J connectivity index is 0.0000000964. The second-order valence-electron chi connectivity index (χ2n) is 30.1. The predicted molar refractivity (Wildman–Crippen MR) is 496 cm³/mol. The van der Waals surface area contributed by atoms with E-state index in [1.807, 2.05) is 89.4 Å². The van der Waals surface area contributed by atoms with Gasteiger partial charge in [-0.25, -0.2) is 29.9 Å². The van der Waals surface area contributed by atoms with Gasteiger partial charge in [0.2, 0.25) is 17.8 Å². The monoisotopic (exact) mass is 1560 g/mol. The first kappa shape index (κ1) is 65.3. The first-order chi connectivity index (χ1) is 58.6. The fourth-order valence-corrected chi connectivity index (χ4v) is 22.7. The summed E-state index contributed by atoms with van der Waals surface area (Å²) in [4.78, 5) is 45.5. The Morgan fingerprint density at radius 1 is 0.195 bits per heavy atom. The summed E-state index contributed by atoms with van der Waals surface area (Å²) in [6.45, 7) is 0. The minimum atomic E-state index is 0.675. The number of benzene rings is 16. The molecule has 0 N–H and O–H groups in total. The lowest BCUT2D eigenvalue weighted by Crippen LogP contribution is -2.02. The summed E-state index contributed by atoms with van der Waals surface area (Å²) in [6, 6.07) is 107. The topological polar surface area (TPSA) is 131 Å². The summed E-state index contributed by atoms with van der Waals surface area (Å²) in [5, 5.41) is 30.5. The highest BCUT2D eigenvalue weighted by atomic mass is 32.1. The second kappa shape index (κ2) is 25.2. The fraction of sp³-hybridized carbons (Fsp3) is 0. The van der Waals surface area contributed by atoms with Crippen molar-refractivity contribution in [2.45, 2.75) is 0 Å². The van der Waals surface area contributed by atoms with E-state index in [0.29, 0.717) is 17.8 Å². The quantitative estimate of drug-likeness (QED) is 0.159. The van der Waals surface area contributed by atoms with Crippen molar-refractivity contribution in [1.29, 1.82) is 0 Å². The lowest BCUT2D eigenvalue weighted by molar-refractivity contribution is 1.01. The number of para-hydroxylation sites is 3. The molecule has 0 unspecified atom stereocenters. The van der Waals surface area contributed by atoms with E-state index in [1.54, 1.807) is 0 Å². The molecule has 12 aromatic heterocycles. The molecule has 0 spiro atoms. The van der Waals surface area contributed by atoms with Crippen LogP contribution in [0.15, 0.2) is 340 Å². The SMILES string of the molecule is c1ccc2c(c1)ccc1cnc(-n3c4ccccc4c4c5cccnc5c5sc6ccccc6c5c43)nc12.c1ccc2c(c1)ccc1nc(-n3c4ccccc4c4c5cccnc5c5sc6ccccc6c5c43)ncc12.c1ccc2c(c1)sc1c3ncccc3c3c4ccccc4n(-c4ncc5c6ccccc6c6ccccc6c5n4)c3c21. The Kier molecular flexibility index (Phi) is 13.9. The molecule has 28 aromatic rings. The van der Waals surface area contributed by atoms with E-state index in [-0.39, 0.29) is 0 Å². The average Bonchev–Trinajstić information content (AvgIpc) is 1.56. The molecule has 0 saturated carbocycles. The number of hydrogen-bond donors (Lipinski definition) is 0. The third kappa shape index (κ3) is 9.30. The lowest BCUT2D eigenvalue weighted by Gasteiger charge is -2.12. The number of aromatic nitrogens is 12. The van der Waals surface area contributed by atoms with Crippen molar-refractivity contribution in [2.75, 3.05) is 0 Å². The van der Waals surface area contributed by atoms with Crippen LogP contribution in [0.4, 0.5) is 0 Å². The van der Waals surface area contributed by atoms with Gasteiger partial charge >= 0.3 is 0 Å². The molecule has 0 amide bonds. The number of rotatable bonds is 3. The van der Waals surface area contributed by atoms with Crippen LogP contribution in [0.5, 0.6) is 0 Å². The molecule has 0 atom stereocenters. The largest absolute Gasteiger partial charge is 0.277 e. The molecule has 118 heavy (non-hydrogen) atoms. The fourth-order valence-electron chi connectivity index (χ4n) is 19.1. The molecule has 28 rings (SSSR count). The highest BCUT2D eigenvalue weighted by Crippen LogP contribution is 2.52. The van der Waals surface area contributed by atoms with Gasteiger partial charge in [-0.05, 0) is 93.0 Å². The highest BCUT2D eigenvalue weighted by molar-refractivity contribution is 7.28. The number of fused-ring (bicyclic) bond motifs is 42. The van der Waals surface area contributed by atoms with Crippen LogP contribution in [-0.2, 0) is 0 Å². The van der Waals surface area contributed by atoms with Gasteiger partial charge in [0.15, 0.2) is 0 Å². The summed E-state index contributed by atoms with van der Waals surface area (Å²) in [7, 11) is 0. The molecule has 0 aliphatic heterocycles. The van der Waals surface area contributed by atoms with Gasteiger partial charge in [-0.3, -0.25) is 28.7 Å². The molecule has 16 aromatic carbocycles. The number of thiophene rings is 3. The Bertz CT molecular complexity index is 9240. The molecule has 12 nitrogen and oxygen atoms in total. The average molecular weight is 1560 g/mol. The summed E-state index contributed by atoms with van der Waals surface area (Å²) in [5.41, 5.74) is 12.7. The summed E-state index contributed by atoms with van der Waals surface area (Å²) >= 11 is 5.42. The maximum Gasteiger partial charge on any atom is 0.235 e. The van der Waals surface area contributed by atoms with Crippen LogP contribution in [0.3, 0.4) is 0 Å². The van der Waals surface area contributed by atoms with Crippen molar-refractivity contribution in [3.8, 4) is 17.8 Å². The van der Waals surface area contributed by atoms with Crippen LogP contribution >= 0.6 is 34.0 Å². The van der Waals surface area contributed by atoms with Gasteiger partial charge in [-0.15, -0.1) is 34.0 Å². The van der Waals surface area contributed by atoms with Gasteiger partial charge in [0, 0.05) is 159 Å². The standard InChI is InChI=1S/C37H20N4S.2C33H18N4S/c1-2-12-23-21(10-1)22-11-3-4-13-24(22)33-28(23)20-39-37(40-33)41-29-17-7-5-14-25(29)31-27-16-9-19-38-34(27)36-32(35(31)41)26-15-6-8-18-30(26)42-36;1-2-9-21-19(8-1)15-16-20-18-35-33(36-29(20)21)37-25-13-5-3-10-22(25)27-24-12-7-17-34-30(24)32-28(31(27)37)23-11-4-6-14-26(23)38-32;1-2-9-20-19(8-1)15-16-25-24(20)18-35-33(36-25)37-26-13-5-3-10-21(26)28-23-12-7-17-34-30(23)32-29(31(28)37)22-11-4-6-14-27(22)38-32/h1-20H;2*1-18H. The van der Waals surface area contributed by atoms with Crippen LogP contribution < -0.4 is 0 Å². The van der Waals surface area contributed by atoms with E-state index >= 15 is 0 Å². The van der Waals surface area contributed by atoms with E-state index in [2.05, 4.69) is 299 Å². The highest BCUT2D eigenvalue weighted by Gasteiger charge is 2.29. The molecule has 0 fully saturated rings. The van der Waals surface area contributed by atoms with E-state index < -0.39 is 0 Å². The van der Waals surface area contributed by atoms with Gasteiger partial charge in [0.1, 0.15) is 0 Å². The van der Waals surface area contributed by atoms with Gasteiger partial charge in [-0.2, -0.15) is 0 Å². The van der Waals surface area contributed by atoms with Crippen molar-refractivity contribution in [3.63, 3.8) is 0 Å². The zero-order valence-electron chi connectivity index (χ0n) is 62.4. The Hall–Kier alpha value is -15.1. The zero-order chi connectivity index (χ0) is 77.0. The molecule has 0 saturated heterocycles. The maximum absolute atomic E-state index is 5.39. The molecule has 0 aliphatic rings. The first-order valence-electron chi connectivity index (χ1n) is 39.3. The van der Waals surface area contributed by atoms with Crippen LogP contribution in [0.2, 0.25) is 0 Å². The third-order valence-electron chi connectivity index (χ3n) is 24.0. The molecule has 12 heterocycles. The molecule has 546 valence electrons. The lowest BCUT2D eigenvalue weighted by atomic mass is 9.98. The van der Waals surface area contributed by atoms with Crippen LogP contribution in [0, 0.1) is 0 Å². The van der Waals surface area contributed by atoms with Gasteiger partial charge in [-0.1, -0.05) is 243 Å². The molecule has 0 aliphatic carbocycles. The van der Waals surface area contributed by atoms with E-state index in [1.165, 1.54) is 125 Å². The van der Waals surface area contributed by atoms with Gasteiger partial charge in [0.25, 0.3) is 0 Å². The Morgan fingerprint density at radius 3 is 1.01 bits per heavy atom. The van der Waals surface area contributed by atoms with Crippen LogP contribution in [0.1, 0.15) is 0 Å². The van der Waals surface area contributed by atoms with E-state index in [0.717, 1.165) is 109 Å². The number of hydrogen-bond acceptors (Lipinski definition) is 12. The van der Waals surface area contributed by atoms with Crippen molar-refractivity contribution in [3.05, 3.63) is 340 Å². The molecule has 15 heteroatoms. The summed E-state index contributed by atoms with van der Waals surface area (Å²) < 4.78 is 14.2. The zero-order valence-corrected chi connectivity index (χ0v) is 64.9. The first-order valence-corrected chi connectivity index (χ1v) is 41.7.